The number of hydrogen-bond donors (Lipinski definition) is 0. The number of likely N-dealkylation sites (tertiary alicyclic amines) is 1. The molecule has 0 bridgehead atoms. The van der Waals surface area contributed by atoms with Crippen LogP contribution < -0.4 is 0 Å². The second kappa shape index (κ2) is 5.38. The van der Waals surface area contributed by atoms with E-state index in [9.17, 15) is 9.59 Å². The van der Waals surface area contributed by atoms with Gasteiger partial charge in [-0.25, -0.2) is 4.79 Å². The van der Waals surface area contributed by atoms with E-state index in [2.05, 4.69) is 6.92 Å². The maximum atomic E-state index is 11.9. The average molecular weight is 240 g/mol. The predicted octanol–water partition coefficient (Wildman–Crippen LogP) is 1.09. The van der Waals surface area contributed by atoms with Gasteiger partial charge in [-0.1, -0.05) is 6.92 Å². The first-order chi connectivity index (χ1) is 8.16. The lowest BCUT2D eigenvalue weighted by atomic mass is 9.99. The number of hydrogen-bond acceptors (Lipinski definition) is 3. The Hall–Kier alpha value is -1.26. The van der Waals surface area contributed by atoms with Crippen molar-refractivity contribution in [2.24, 2.45) is 5.92 Å². The summed E-state index contributed by atoms with van der Waals surface area (Å²) >= 11 is 0. The van der Waals surface area contributed by atoms with Crippen LogP contribution in [0.4, 0.5) is 4.79 Å². The van der Waals surface area contributed by atoms with Gasteiger partial charge in [0.2, 0.25) is 5.91 Å². The van der Waals surface area contributed by atoms with E-state index in [0.717, 1.165) is 31.8 Å². The Bertz CT molecular complexity index is 298. The molecule has 0 unspecified atom stereocenters. The van der Waals surface area contributed by atoms with Crippen molar-refractivity contribution in [3.8, 4) is 0 Å². The third kappa shape index (κ3) is 3.11. The topological polar surface area (TPSA) is 49.9 Å². The molecule has 0 spiro atoms. The van der Waals surface area contributed by atoms with Crippen LogP contribution in [0.3, 0.4) is 0 Å². The zero-order valence-electron chi connectivity index (χ0n) is 10.4. The van der Waals surface area contributed by atoms with E-state index in [1.807, 2.05) is 4.90 Å². The van der Waals surface area contributed by atoms with Gasteiger partial charge in [0.15, 0.2) is 0 Å². The lowest BCUT2D eigenvalue weighted by molar-refractivity contribution is -0.132. The molecule has 2 fully saturated rings. The van der Waals surface area contributed by atoms with Crippen molar-refractivity contribution >= 4 is 12.0 Å². The molecule has 2 rings (SSSR count). The van der Waals surface area contributed by atoms with Crippen LogP contribution >= 0.6 is 0 Å². The highest BCUT2D eigenvalue weighted by Gasteiger charge is 2.24. The summed E-state index contributed by atoms with van der Waals surface area (Å²) in [5, 5.41) is 0. The molecule has 0 atom stereocenters. The second-order valence-corrected chi connectivity index (χ2v) is 4.91. The quantitative estimate of drug-likeness (QED) is 0.742. The van der Waals surface area contributed by atoms with Crippen LogP contribution in [0.15, 0.2) is 0 Å². The predicted molar refractivity (Wildman–Crippen MR) is 62.5 cm³/mol. The summed E-state index contributed by atoms with van der Waals surface area (Å²) in [5.74, 6) is 0.893. The molecule has 2 amide bonds. The number of rotatable bonds is 3. The summed E-state index contributed by atoms with van der Waals surface area (Å²) in [5.41, 5.74) is 0. The first-order valence-electron chi connectivity index (χ1n) is 6.36. The van der Waals surface area contributed by atoms with Crippen LogP contribution in [0.1, 0.15) is 26.2 Å². The molecule has 5 heteroatoms. The molecule has 2 saturated heterocycles. The number of carbonyl (C=O) groups is 2. The van der Waals surface area contributed by atoms with E-state index in [0.29, 0.717) is 26.1 Å². The van der Waals surface area contributed by atoms with E-state index in [1.165, 1.54) is 0 Å². The molecule has 0 aromatic carbocycles. The summed E-state index contributed by atoms with van der Waals surface area (Å²) in [4.78, 5) is 26.6. The van der Waals surface area contributed by atoms with E-state index in [1.54, 1.807) is 4.90 Å². The maximum absolute atomic E-state index is 11.9. The van der Waals surface area contributed by atoms with E-state index in [-0.39, 0.29) is 12.0 Å². The second-order valence-electron chi connectivity index (χ2n) is 4.91. The van der Waals surface area contributed by atoms with Crippen LogP contribution in [-0.2, 0) is 9.53 Å². The fourth-order valence-corrected chi connectivity index (χ4v) is 2.28. The molecule has 96 valence electrons. The third-order valence-electron chi connectivity index (χ3n) is 3.58. The lowest BCUT2D eigenvalue weighted by Crippen LogP contribution is -2.39. The monoisotopic (exact) mass is 240 g/mol. The molecule has 0 aromatic rings. The number of cyclic esters (lactones) is 1. The third-order valence-corrected chi connectivity index (χ3v) is 3.58. The van der Waals surface area contributed by atoms with E-state index >= 15 is 0 Å². The Morgan fingerprint density at radius 3 is 2.65 bits per heavy atom. The largest absolute Gasteiger partial charge is 0.448 e. The van der Waals surface area contributed by atoms with Gasteiger partial charge in [0.1, 0.15) is 6.61 Å². The number of ether oxygens (including phenoxy) is 1. The van der Waals surface area contributed by atoms with E-state index in [4.69, 9.17) is 4.74 Å². The van der Waals surface area contributed by atoms with Crippen molar-refractivity contribution < 1.29 is 14.3 Å². The van der Waals surface area contributed by atoms with Gasteiger partial charge in [-0.2, -0.15) is 0 Å². The molecule has 2 aliphatic rings. The minimum atomic E-state index is -0.287. The van der Waals surface area contributed by atoms with Crippen molar-refractivity contribution in [1.82, 2.24) is 9.80 Å². The molecule has 17 heavy (non-hydrogen) atoms. The number of amides is 2. The first-order valence-corrected chi connectivity index (χ1v) is 6.36. The fourth-order valence-electron chi connectivity index (χ4n) is 2.28. The van der Waals surface area contributed by atoms with Gasteiger partial charge in [-0.05, 0) is 18.8 Å². The summed E-state index contributed by atoms with van der Waals surface area (Å²) in [6.45, 7) is 5.51. The highest BCUT2D eigenvalue weighted by molar-refractivity contribution is 5.77. The standard InChI is InChI=1S/C12H20N2O3/c1-10-2-5-13(6-3-10)11(15)4-7-14-8-9-17-12(14)16/h10H,2-9H2,1H3. The highest BCUT2D eigenvalue weighted by atomic mass is 16.6. The molecular formula is C12H20N2O3. The first kappa shape index (κ1) is 12.2. The van der Waals surface area contributed by atoms with Crippen molar-refractivity contribution in [2.45, 2.75) is 26.2 Å². The van der Waals surface area contributed by atoms with Gasteiger partial charge >= 0.3 is 6.09 Å². The minimum absolute atomic E-state index is 0.164. The van der Waals surface area contributed by atoms with Gasteiger partial charge < -0.3 is 14.5 Å². The SMILES string of the molecule is CC1CCN(C(=O)CCN2CCOC2=O)CC1. The zero-order valence-corrected chi connectivity index (χ0v) is 10.4. The van der Waals surface area contributed by atoms with Gasteiger partial charge in [-0.15, -0.1) is 0 Å². The Kier molecular flexibility index (Phi) is 3.86. The Balaban J connectivity index is 1.72. The van der Waals surface area contributed by atoms with Crippen LogP contribution in [0.25, 0.3) is 0 Å². The summed E-state index contributed by atoms with van der Waals surface area (Å²) < 4.78 is 4.82. The summed E-state index contributed by atoms with van der Waals surface area (Å²) in [6.07, 6.45) is 2.32. The average Bonchev–Trinajstić information content (AvgIpc) is 2.73. The smallest absolute Gasteiger partial charge is 0.409 e. The summed E-state index contributed by atoms with van der Waals surface area (Å²) in [7, 11) is 0. The van der Waals surface area contributed by atoms with E-state index < -0.39 is 0 Å². The molecule has 5 nitrogen and oxygen atoms in total. The lowest BCUT2D eigenvalue weighted by Gasteiger charge is -2.30. The molecule has 2 heterocycles. The number of piperidine rings is 1. The normalized spacial score (nSPS) is 21.8. The van der Waals surface area contributed by atoms with Crippen molar-refractivity contribution in [3.05, 3.63) is 0 Å². The van der Waals surface area contributed by atoms with Gasteiger partial charge in [0.05, 0.1) is 6.54 Å². The molecule has 0 radical (unpaired) electrons. The van der Waals surface area contributed by atoms with Crippen molar-refractivity contribution in [2.75, 3.05) is 32.8 Å². The summed E-state index contributed by atoms with van der Waals surface area (Å²) in [6, 6.07) is 0. The van der Waals surface area contributed by atoms with Crippen LogP contribution in [0.5, 0.6) is 0 Å². The molecule has 0 saturated carbocycles. The maximum Gasteiger partial charge on any atom is 0.409 e. The van der Waals surface area contributed by atoms with Gasteiger partial charge in [-0.3, -0.25) is 4.79 Å². The number of nitrogens with zero attached hydrogens (tertiary/aromatic N) is 2. The molecule has 2 aliphatic heterocycles. The van der Waals surface area contributed by atoms with Crippen LogP contribution in [0.2, 0.25) is 0 Å². The molecular weight excluding hydrogens is 220 g/mol. The fraction of sp³-hybridized carbons (Fsp3) is 0.833. The van der Waals surface area contributed by atoms with Crippen molar-refractivity contribution in [3.63, 3.8) is 0 Å². The Morgan fingerprint density at radius 2 is 2.06 bits per heavy atom. The van der Waals surface area contributed by atoms with Crippen LogP contribution in [0, 0.1) is 5.92 Å². The zero-order chi connectivity index (χ0) is 12.3. The Labute approximate surface area is 102 Å². The van der Waals surface area contributed by atoms with Crippen molar-refractivity contribution in [1.29, 1.82) is 0 Å². The molecule has 0 N–H and O–H groups in total. The van der Waals surface area contributed by atoms with Crippen LogP contribution in [-0.4, -0.2) is 54.6 Å². The van der Waals surface area contributed by atoms with Gasteiger partial charge in [0, 0.05) is 26.1 Å². The minimum Gasteiger partial charge on any atom is -0.448 e. The molecule has 0 aromatic heterocycles. The molecule has 0 aliphatic carbocycles. The number of carbonyl (C=O) groups excluding carboxylic acids is 2. The Morgan fingerprint density at radius 1 is 1.35 bits per heavy atom. The highest BCUT2D eigenvalue weighted by Crippen LogP contribution is 2.16. The van der Waals surface area contributed by atoms with Gasteiger partial charge in [0.25, 0.3) is 0 Å².